The van der Waals surface area contributed by atoms with Gasteiger partial charge in [0.2, 0.25) is 0 Å². The topological polar surface area (TPSA) is 89.4 Å². The molecule has 1 atom stereocenters. The Morgan fingerprint density at radius 3 is 2.81 bits per heavy atom. The number of nitrogens with zero attached hydrogens (tertiary/aromatic N) is 1. The highest BCUT2D eigenvalue weighted by molar-refractivity contribution is 6.31. The first-order valence-corrected chi connectivity index (χ1v) is 5.24. The summed E-state index contributed by atoms with van der Waals surface area (Å²) in [5, 5.41) is 19.7. The summed E-state index contributed by atoms with van der Waals surface area (Å²) in [6, 6.07) is 3.79. The second kappa shape index (κ2) is 5.79. The van der Waals surface area contributed by atoms with Crippen LogP contribution in [0, 0.1) is 10.1 Å². The van der Waals surface area contributed by atoms with Crippen molar-refractivity contribution in [1.82, 2.24) is 0 Å². The van der Waals surface area contributed by atoms with E-state index in [0.29, 0.717) is 23.4 Å². The molecule has 0 bridgehead atoms. The summed E-state index contributed by atoms with van der Waals surface area (Å²) in [5.41, 5.74) is 6.35. The molecule has 0 saturated heterocycles. The van der Waals surface area contributed by atoms with E-state index in [1.54, 1.807) is 0 Å². The predicted molar refractivity (Wildman–Crippen MR) is 61.4 cm³/mol. The molecule has 1 rings (SSSR count). The molecule has 0 fully saturated rings. The maximum absolute atomic E-state index is 10.6. The van der Waals surface area contributed by atoms with Gasteiger partial charge in [-0.05, 0) is 24.5 Å². The standard InChI is InChI=1S/C10H13ClN2O3/c11-9-4-3-7(13(15)16)6-8(9)10(12)2-1-5-14/h3-4,6,10,14H,1-2,5,12H2/t10-/m1/s1. The van der Waals surface area contributed by atoms with E-state index in [1.165, 1.54) is 18.2 Å². The highest BCUT2D eigenvalue weighted by Crippen LogP contribution is 2.28. The number of aliphatic hydroxyl groups excluding tert-OH is 1. The fraction of sp³-hybridized carbons (Fsp3) is 0.400. The maximum Gasteiger partial charge on any atom is 0.269 e. The van der Waals surface area contributed by atoms with Crippen molar-refractivity contribution in [2.45, 2.75) is 18.9 Å². The smallest absolute Gasteiger partial charge is 0.269 e. The number of rotatable bonds is 5. The van der Waals surface area contributed by atoms with E-state index in [2.05, 4.69) is 0 Å². The van der Waals surface area contributed by atoms with E-state index < -0.39 is 4.92 Å². The Morgan fingerprint density at radius 2 is 2.25 bits per heavy atom. The van der Waals surface area contributed by atoms with Crippen molar-refractivity contribution in [1.29, 1.82) is 0 Å². The molecular formula is C10H13ClN2O3. The molecule has 0 amide bonds. The van der Waals surface area contributed by atoms with Crippen molar-refractivity contribution in [3.8, 4) is 0 Å². The van der Waals surface area contributed by atoms with Gasteiger partial charge in [0.1, 0.15) is 0 Å². The fourth-order valence-corrected chi connectivity index (χ4v) is 1.65. The summed E-state index contributed by atoms with van der Waals surface area (Å²) < 4.78 is 0. The quantitative estimate of drug-likeness (QED) is 0.613. The Kier molecular flexibility index (Phi) is 4.67. The van der Waals surface area contributed by atoms with Gasteiger partial charge >= 0.3 is 0 Å². The van der Waals surface area contributed by atoms with Gasteiger partial charge in [-0.15, -0.1) is 0 Å². The van der Waals surface area contributed by atoms with Crippen molar-refractivity contribution >= 4 is 17.3 Å². The number of nitro benzene ring substituents is 1. The highest BCUT2D eigenvalue weighted by Gasteiger charge is 2.14. The minimum atomic E-state index is -0.488. The van der Waals surface area contributed by atoms with E-state index in [9.17, 15) is 10.1 Å². The third kappa shape index (κ3) is 3.16. The zero-order chi connectivity index (χ0) is 12.1. The molecule has 0 aliphatic rings. The highest BCUT2D eigenvalue weighted by atomic mass is 35.5. The summed E-state index contributed by atoms with van der Waals surface area (Å²) in [6.07, 6.45) is 1.08. The fourth-order valence-electron chi connectivity index (χ4n) is 1.40. The van der Waals surface area contributed by atoms with Crippen LogP contribution in [0.2, 0.25) is 5.02 Å². The monoisotopic (exact) mass is 244 g/mol. The number of nitro groups is 1. The van der Waals surface area contributed by atoms with Crippen LogP contribution >= 0.6 is 11.6 Å². The second-order valence-electron chi connectivity index (χ2n) is 3.44. The Balaban J connectivity index is 2.92. The van der Waals surface area contributed by atoms with Gasteiger partial charge in [-0.1, -0.05) is 11.6 Å². The van der Waals surface area contributed by atoms with Gasteiger partial charge in [0.25, 0.3) is 5.69 Å². The molecule has 6 heteroatoms. The second-order valence-corrected chi connectivity index (χ2v) is 3.84. The number of halogens is 1. The van der Waals surface area contributed by atoms with E-state index in [-0.39, 0.29) is 18.3 Å². The van der Waals surface area contributed by atoms with Crippen LogP contribution in [0.4, 0.5) is 5.69 Å². The van der Waals surface area contributed by atoms with Crippen molar-refractivity contribution in [2.75, 3.05) is 6.61 Å². The lowest BCUT2D eigenvalue weighted by molar-refractivity contribution is -0.384. The zero-order valence-electron chi connectivity index (χ0n) is 8.60. The molecule has 16 heavy (non-hydrogen) atoms. The summed E-state index contributed by atoms with van der Waals surface area (Å²) >= 11 is 5.91. The Bertz CT molecular complexity index is 384. The number of aliphatic hydroxyl groups is 1. The average Bonchev–Trinajstić information content (AvgIpc) is 2.26. The number of benzene rings is 1. The van der Waals surface area contributed by atoms with Crippen molar-refractivity contribution in [3.05, 3.63) is 38.9 Å². The molecule has 88 valence electrons. The normalized spacial score (nSPS) is 12.4. The van der Waals surface area contributed by atoms with Gasteiger partial charge in [-0.25, -0.2) is 0 Å². The number of nitrogens with two attached hydrogens (primary N) is 1. The molecule has 0 radical (unpaired) electrons. The van der Waals surface area contributed by atoms with Crippen LogP contribution in [0.15, 0.2) is 18.2 Å². The van der Waals surface area contributed by atoms with Crippen LogP contribution in [-0.2, 0) is 0 Å². The van der Waals surface area contributed by atoms with Crippen LogP contribution in [0.5, 0.6) is 0 Å². The Labute approximate surface area is 98.0 Å². The molecule has 3 N–H and O–H groups in total. The Hall–Kier alpha value is -1.17. The van der Waals surface area contributed by atoms with Crippen LogP contribution < -0.4 is 5.73 Å². The molecule has 0 unspecified atom stereocenters. The van der Waals surface area contributed by atoms with E-state index in [1.807, 2.05) is 0 Å². The first-order chi connectivity index (χ1) is 7.56. The van der Waals surface area contributed by atoms with Crippen molar-refractivity contribution in [3.63, 3.8) is 0 Å². The first-order valence-electron chi connectivity index (χ1n) is 4.86. The summed E-state index contributed by atoms with van der Waals surface area (Å²) in [4.78, 5) is 10.1. The lowest BCUT2D eigenvalue weighted by Crippen LogP contribution is -2.11. The molecular weight excluding hydrogens is 232 g/mol. The van der Waals surface area contributed by atoms with E-state index >= 15 is 0 Å². The molecule has 0 heterocycles. The van der Waals surface area contributed by atoms with Crippen LogP contribution in [0.3, 0.4) is 0 Å². The number of hydrogen-bond donors (Lipinski definition) is 2. The third-order valence-electron chi connectivity index (χ3n) is 2.26. The number of non-ortho nitro benzene ring substituents is 1. The van der Waals surface area contributed by atoms with Gasteiger partial charge in [0.15, 0.2) is 0 Å². The van der Waals surface area contributed by atoms with Crippen LogP contribution in [0.1, 0.15) is 24.4 Å². The largest absolute Gasteiger partial charge is 0.396 e. The van der Waals surface area contributed by atoms with E-state index in [0.717, 1.165) is 0 Å². The minimum absolute atomic E-state index is 0.0288. The molecule has 5 nitrogen and oxygen atoms in total. The molecule has 0 spiro atoms. The zero-order valence-corrected chi connectivity index (χ0v) is 9.35. The van der Waals surface area contributed by atoms with Crippen molar-refractivity contribution < 1.29 is 10.0 Å². The lowest BCUT2D eigenvalue weighted by Gasteiger charge is -2.12. The van der Waals surface area contributed by atoms with Crippen LogP contribution in [-0.4, -0.2) is 16.6 Å². The molecule has 0 aliphatic carbocycles. The predicted octanol–water partition coefficient (Wildman–Crippen LogP) is 2.02. The summed E-state index contributed by atoms with van der Waals surface area (Å²) in [7, 11) is 0. The molecule has 0 aliphatic heterocycles. The molecule has 0 saturated carbocycles. The Morgan fingerprint density at radius 1 is 1.56 bits per heavy atom. The van der Waals surface area contributed by atoms with Gasteiger partial charge in [0, 0.05) is 29.8 Å². The van der Waals surface area contributed by atoms with Gasteiger partial charge in [-0.2, -0.15) is 0 Å². The third-order valence-corrected chi connectivity index (χ3v) is 2.61. The average molecular weight is 245 g/mol. The van der Waals surface area contributed by atoms with E-state index in [4.69, 9.17) is 22.4 Å². The maximum atomic E-state index is 10.6. The number of hydrogen-bond acceptors (Lipinski definition) is 4. The minimum Gasteiger partial charge on any atom is -0.396 e. The first kappa shape index (κ1) is 12.9. The lowest BCUT2D eigenvalue weighted by atomic mass is 10.0. The molecule has 1 aromatic rings. The van der Waals surface area contributed by atoms with Crippen LogP contribution in [0.25, 0.3) is 0 Å². The SMILES string of the molecule is N[C@H](CCCO)c1cc([N+](=O)[O-])ccc1Cl. The van der Waals surface area contributed by atoms with Gasteiger partial charge < -0.3 is 10.8 Å². The molecule has 1 aromatic carbocycles. The molecule has 0 aromatic heterocycles. The van der Waals surface area contributed by atoms with Crippen molar-refractivity contribution in [2.24, 2.45) is 5.73 Å². The van der Waals surface area contributed by atoms with Gasteiger partial charge in [-0.3, -0.25) is 10.1 Å². The summed E-state index contributed by atoms with van der Waals surface area (Å²) in [5.74, 6) is 0. The summed E-state index contributed by atoms with van der Waals surface area (Å²) in [6.45, 7) is 0.0419. The van der Waals surface area contributed by atoms with Gasteiger partial charge in [0.05, 0.1) is 4.92 Å².